The first kappa shape index (κ1) is 20.3. The van der Waals surface area contributed by atoms with Crippen molar-refractivity contribution in [1.29, 1.82) is 0 Å². The number of carbonyl (C=O) groups is 2. The summed E-state index contributed by atoms with van der Waals surface area (Å²) in [4.78, 5) is 24.2. The molecule has 9 nitrogen and oxygen atoms in total. The van der Waals surface area contributed by atoms with E-state index in [9.17, 15) is 14.7 Å². The number of amides is 2. The maximum Gasteiger partial charge on any atom is 0.243 e. The normalized spacial score (nSPS) is 10.6. The third kappa shape index (κ3) is 5.32. The Hall–Kier alpha value is -3.40. The SMILES string of the molecule is Cc1cccc(C)c1NC(=O)CNC(=O)CSc1nnnn1-c1ccc(O)cc1. The molecule has 150 valence electrons. The van der Waals surface area contributed by atoms with Crippen LogP contribution in [0.2, 0.25) is 0 Å². The van der Waals surface area contributed by atoms with Gasteiger partial charge >= 0.3 is 0 Å². The van der Waals surface area contributed by atoms with Crippen LogP contribution in [-0.2, 0) is 9.59 Å². The number of para-hydroxylation sites is 1. The second-order valence-corrected chi connectivity index (χ2v) is 7.21. The van der Waals surface area contributed by atoms with E-state index in [1.165, 1.54) is 16.8 Å². The molecule has 0 unspecified atom stereocenters. The van der Waals surface area contributed by atoms with Crippen LogP contribution in [0.3, 0.4) is 0 Å². The lowest BCUT2D eigenvalue weighted by Gasteiger charge is -2.11. The zero-order chi connectivity index (χ0) is 20.8. The van der Waals surface area contributed by atoms with Gasteiger partial charge in [0.2, 0.25) is 17.0 Å². The van der Waals surface area contributed by atoms with E-state index in [1.807, 2.05) is 32.0 Å². The number of rotatable bonds is 7. The number of nitrogens with one attached hydrogen (secondary N) is 2. The molecule has 0 bridgehead atoms. The van der Waals surface area contributed by atoms with Crippen LogP contribution in [0, 0.1) is 13.8 Å². The van der Waals surface area contributed by atoms with E-state index in [-0.39, 0.29) is 29.9 Å². The summed E-state index contributed by atoms with van der Waals surface area (Å²) in [6.45, 7) is 3.70. The van der Waals surface area contributed by atoms with E-state index in [0.29, 0.717) is 10.8 Å². The third-order valence-electron chi connectivity index (χ3n) is 4.06. The molecule has 0 saturated carbocycles. The van der Waals surface area contributed by atoms with Crippen molar-refractivity contribution in [3.8, 4) is 11.4 Å². The molecule has 3 N–H and O–H groups in total. The summed E-state index contributed by atoms with van der Waals surface area (Å²) in [6.07, 6.45) is 0. The molecule has 0 fully saturated rings. The van der Waals surface area contributed by atoms with Gasteiger partial charge in [0.1, 0.15) is 5.75 Å². The number of aromatic hydroxyl groups is 1. The predicted molar refractivity (Wildman–Crippen MR) is 109 cm³/mol. The molecule has 3 rings (SSSR count). The number of hydrogen-bond donors (Lipinski definition) is 3. The zero-order valence-electron chi connectivity index (χ0n) is 15.9. The molecule has 1 aromatic heterocycles. The molecular weight excluding hydrogens is 392 g/mol. The fraction of sp³-hybridized carbons (Fsp3) is 0.211. The highest BCUT2D eigenvalue weighted by molar-refractivity contribution is 7.99. The van der Waals surface area contributed by atoms with Gasteiger partial charge in [-0.3, -0.25) is 9.59 Å². The van der Waals surface area contributed by atoms with Gasteiger partial charge in [-0.05, 0) is 59.7 Å². The van der Waals surface area contributed by atoms with Crippen LogP contribution in [0.5, 0.6) is 5.75 Å². The molecular formula is C19H20N6O3S. The minimum Gasteiger partial charge on any atom is -0.508 e. The predicted octanol–water partition coefficient (Wildman–Crippen LogP) is 1.83. The molecule has 0 atom stereocenters. The van der Waals surface area contributed by atoms with E-state index in [1.54, 1.807) is 12.1 Å². The Labute approximate surface area is 171 Å². The van der Waals surface area contributed by atoms with Crippen molar-refractivity contribution in [3.05, 3.63) is 53.6 Å². The summed E-state index contributed by atoms with van der Waals surface area (Å²) < 4.78 is 1.46. The fourth-order valence-electron chi connectivity index (χ4n) is 2.58. The second kappa shape index (κ2) is 9.20. The highest BCUT2D eigenvalue weighted by atomic mass is 32.2. The fourth-order valence-corrected chi connectivity index (χ4v) is 3.30. The molecule has 0 aliphatic rings. The standard InChI is InChI=1S/C19H20N6O3S/c1-12-4-3-5-13(2)18(12)21-16(27)10-20-17(28)11-29-19-22-23-24-25(19)14-6-8-15(26)9-7-14/h3-9,26H,10-11H2,1-2H3,(H,20,28)(H,21,27). The smallest absolute Gasteiger partial charge is 0.243 e. The van der Waals surface area contributed by atoms with Gasteiger partial charge in [-0.2, -0.15) is 4.68 Å². The van der Waals surface area contributed by atoms with Crippen molar-refractivity contribution >= 4 is 29.3 Å². The highest BCUT2D eigenvalue weighted by Crippen LogP contribution is 2.20. The topological polar surface area (TPSA) is 122 Å². The summed E-state index contributed by atoms with van der Waals surface area (Å²) in [5.74, 6) is -0.425. The van der Waals surface area contributed by atoms with Crippen LogP contribution in [0.1, 0.15) is 11.1 Å². The summed E-state index contributed by atoms with van der Waals surface area (Å²) >= 11 is 1.14. The summed E-state index contributed by atoms with van der Waals surface area (Å²) in [7, 11) is 0. The number of hydrogen-bond acceptors (Lipinski definition) is 7. The van der Waals surface area contributed by atoms with E-state index < -0.39 is 0 Å². The quantitative estimate of drug-likeness (QED) is 0.506. The van der Waals surface area contributed by atoms with Gasteiger partial charge < -0.3 is 15.7 Å². The zero-order valence-corrected chi connectivity index (χ0v) is 16.7. The van der Waals surface area contributed by atoms with E-state index >= 15 is 0 Å². The van der Waals surface area contributed by atoms with Gasteiger partial charge in [0.05, 0.1) is 18.0 Å². The average molecular weight is 412 g/mol. The number of thioether (sulfide) groups is 1. The van der Waals surface area contributed by atoms with Gasteiger partial charge in [-0.1, -0.05) is 30.0 Å². The molecule has 0 radical (unpaired) electrons. The summed E-state index contributed by atoms with van der Waals surface area (Å²) in [5, 5.41) is 26.6. The molecule has 0 saturated heterocycles. The number of phenols is 1. The lowest BCUT2D eigenvalue weighted by Crippen LogP contribution is -2.34. The van der Waals surface area contributed by atoms with E-state index in [0.717, 1.165) is 28.6 Å². The van der Waals surface area contributed by atoms with E-state index in [4.69, 9.17) is 0 Å². The van der Waals surface area contributed by atoms with E-state index in [2.05, 4.69) is 26.2 Å². The van der Waals surface area contributed by atoms with Gasteiger partial charge in [0, 0.05) is 5.69 Å². The molecule has 0 aliphatic carbocycles. The molecule has 2 amide bonds. The lowest BCUT2D eigenvalue weighted by atomic mass is 10.1. The Morgan fingerprint density at radius 2 is 1.76 bits per heavy atom. The Kier molecular flexibility index (Phi) is 6.45. The van der Waals surface area contributed by atoms with Crippen molar-refractivity contribution in [1.82, 2.24) is 25.5 Å². The van der Waals surface area contributed by atoms with Gasteiger partial charge in [0.15, 0.2) is 0 Å². The van der Waals surface area contributed by atoms with Crippen molar-refractivity contribution in [2.75, 3.05) is 17.6 Å². The Bertz CT molecular complexity index is 999. The summed E-state index contributed by atoms with van der Waals surface area (Å²) in [6, 6.07) is 12.1. The van der Waals surface area contributed by atoms with Crippen molar-refractivity contribution in [3.63, 3.8) is 0 Å². The number of benzene rings is 2. The van der Waals surface area contributed by atoms with Crippen molar-refractivity contribution < 1.29 is 14.7 Å². The number of aryl methyl sites for hydroxylation is 2. The highest BCUT2D eigenvalue weighted by Gasteiger charge is 2.13. The molecule has 29 heavy (non-hydrogen) atoms. The molecule has 0 spiro atoms. The summed E-state index contributed by atoms with van der Waals surface area (Å²) in [5.41, 5.74) is 3.33. The number of nitrogens with zero attached hydrogens (tertiary/aromatic N) is 4. The van der Waals surface area contributed by atoms with Crippen LogP contribution in [0.4, 0.5) is 5.69 Å². The molecule has 0 aliphatic heterocycles. The van der Waals surface area contributed by atoms with Gasteiger partial charge in [-0.15, -0.1) is 5.10 Å². The van der Waals surface area contributed by atoms with Crippen LogP contribution >= 0.6 is 11.8 Å². The average Bonchev–Trinajstić information content (AvgIpc) is 3.17. The van der Waals surface area contributed by atoms with Crippen LogP contribution in [0.25, 0.3) is 5.69 Å². The Morgan fingerprint density at radius 1 is 1.07 bits per heavy atom. The largest absolute Gasteiger partial charge is 0.508 e. The maximum absolute atomic E-state index is 12.1. The number of aromatic nitrogens is 4. The van der Waals surface area contributed by atoms with Crippen LogP contribution in [0.15, 0.2) is 47.6 Å². The first-order chi connectivity index (χ1) is 13.9. The van der Waals surface area contributed by atoms with Crippen molar-refractivity contribution in [2.24, 2.45) is 0 Å². The minimum absolute atomic E-state index is 0.0507. The van der Waals surface area contributed by atoms with Crippen LogP contribution < -0.4 is 10.6 Å². The molecule has 2 aromatic carbocycles. The second-order valence-electron chi connectivity index (χ2n) is 6.27. The monoisotopic (exact) mass is 412 g/mol. The van der Waals surface area contributed by atoms with Crippen LogP contribution in [-0.4, -0.2) is 49.4 Å². The lowest BCUT2D eigenvalue weighted by molar-refractivity contribution is -0.122. The Balaban J connectivity index is 1.50. The number of anilines is 1. The molecule has 1 heterocycles. The number of carbonyl (C=O) groups excluding carboxylic acids is 2. The van der Waals surface area contributed by atoms with Gasteiger partial charge in [-0.25, -0.2) is 0 Å². The molecule has 10 heteroatoms. The number of phenolic OH excluding ortho intramolecular Hbond substituents is 1. The first-order valence-electron chi connectivity index (χ1n) is 8.77. The van der Waals surface area contributed by atoms with Gasteiger partial charge in [0.25, 0.3) is 0 Å². The maximum atomic E-state index is 12.1. The number of tetrazole rings is 1. The Morgan fingerprint density at radius 3 is 2.45 bits per heavy atom. The first-order valence-corrected chi connectivity index (χ1v) is 9.76. The third-order valence-corrected chi connectivity index (χ3v) is 4.98. The molecule has 3 aromatic rings. The minimum atomic E-state index is -0.313. The van der Waals surface area contributed by atoms with Crippen molar-refractivity contribution in [2.45, 2.75) is 19.0 Å².